The first-order valence-corrected chi connectivity index (χ1v) is 7.85. The normalized spacial score (nSPS) is 13.8. The second kappa shape index (κ2) is 7.29. The lowest BCUT2D eigenvalue weighted by molar-refractivity contribution is -0.117. The van der Waals surface area contributed by atoms with Gasteiger partial charge in [0.1, 0.15) is 24.7 Å². The van der Waals surface area contributed by atoms with E-state index in [0.717, 1.165) is 6.07 Å². The summed E-state index contributed by atoms with van der Waals surface area (Å²) in [5.74, 6) is -0.201. The average Bonchev–Trinajstić information content (AvgIpc) is 2.60. The zero-order valence-electron chi connectivity index (χ0n) is 13.6. The Morgan fingerprint density at radius 3 is 2.68 bits per heavy atom. The predicted octanol–water partition coefficient (Wildman–Crippen LogP) is 2.44. The van der Waals surface area contributed by atoms with Crippen molar-refractivity contribution in [1.82, 2.24) is 10.3 Å². The molecule has 1 aliphatic heterocycles. The second-order valence-corrected chi connectivity index (χ2v) is 5.68. The Morgan fingerprint density at radius 2 is 1.96 bits per heavy atom. The second-order valence-electron chi connectivity index (χ2n) is 5.68. The number of aromatic nitrogens is 1. The molecule has 2 aromatic rings. The van der Waals surface area contributed by atoms with Crippen LogP contribution in [0.2, 0.25) is 0 Å². The summed E-state index contributed by atoms with van der Waals surface area (Å²) < 4.78 is 24.2. The van der Waals surface area contributed by atoms with Gasteiger partial charge in [-0.2, -0.15) is 4.39 Å². The summed E-state index contributed by atoms with van der Waals surface area (Å²) in [5, 5.41) is 2.73. The van der Waals surface area contributed by atoms with Crippen molar-refractivity contribution in [3.63, 3.8) is 0 Å². The van der Waals surface area contributed by atoms with E-state index in [4.69, 9.17) is 9.47 Å². The SMILES string of the molecule is CC(=O)CC(NC(=O)c1cccc(F)n1)c1ccc2c(c1)OCCO2. The van der Waals surface area contributed by atoms with E-state index in [-0.39, 0.29) is 17.9 Å². The Morgan fingerprint density at radius 1 is 1.20 bits per heavy atom. The van der Waals surface area contributed by atoms with Gasteiger partial charge in [-0.1, -0.05) is 12.1 Å². The van der Waals surface area contributed by atoms with Gasteiger partial charge in [-0.3, -0.25) is 9.59 Å². The molecular formula is C18H17FN2O4. The van der Waals surface area contributed by atoms with Crippen LogP contribution in [0.5, 0.6) is 11.5 Å². The minimum Gasteiger partial charge on any atom is -0.486 e. The van der Waals surface area contributed by atoms with Crippen LogP contribution < -0.4 is 14.8 Å². The number of benzene rings is 1. The molecule has 1 aliphatic rings. The van der Waals surface area contributed by atoms with Crippen LogP contribution in [0.4, 0.5) is 4.39 Å². The molecule has 1 aromatic heterocycles. The van der Waals surface area contributed by atoms with E-state index in [9.17, 15) is 14.0 Å². The zero-order valence-corrected chi connectivity index (χ0v) is 13.6. The van der Waals surface area contributed by atoms with Crippen molar-refractivity contribution in [3.8, 4) is 11.5 Å². The Kier molecular flexibility index (Phi) is 4.92. The average molecular weight is 344 g/mol. The van der Waals surface area contributed by atoms with Crippen LogP contribution in [-0.2, 0) is 4.79 Å². The quantitative estimate of drug-likeness (QED) is 0.843. The van der Waals surface area contributed by atoms with Gasteiger partial charge in [0.15, 0.2) is 11.5 Å². The monoisotopic (exact) mass is 344 g/mol. The molecule has 2 heterocycles. The fourth-order valence-electron chi connectivity index (χ4n) is 2.58. The molecule has 1 amide bonds. The molecular weight excluding hydrogens is 327 g/mol. The molecule has 6 nitrogen and oxygen atoms in total. The van der Waals surface area contributed by atoms with Crippen molar-refractivity contribution in [2.24, 2.45) is 0 Å². The third kappa shape index (κ3) is 4.12. The molecule has 0 fully saturated rings. The lowest BCUT2D eigenvalue weighted by Gasteiger charge is -2.22. The van der Waals surface area contributed by atoms with Crippen molar-refractivity contribution in [1.29, 1.82) is 0 Å². The largest absolute Gasteiger partial charge is 0.486 e. The topological polar surface area (TPSA) is 77.5 Å². The highest BCUT2D eigenvalue weighted by Crippen LogP contribution is 2.33. The molecule has 25 heavy (non-hydrogen) atoms. The van der Waals surface area contributed by atoms with Gasteiger partial charge in [0.05, 0.1) is 6.04 Å². The Hall–Kier alpha value is -2.96. The predicted molar refractivity (Wildman–Crippen MR) is 87.1 cm³/mol. The van der Waals surface area contributed by atoms with Crippen molar-refractivity contribution >= 4 is 11.7 Å². The first kappa shape index (κ1) is 16.9. The van der Waals surface area contributed by atoms with Crippen molar-refractivity contribution in [2.45, 2.75) is 19.4 Å². The molecule has 3 rings (SSSR count). The number of Topliss-reactive ketones (excluding diaryl/α,β-unsaturated/α-hetero) is 1. The van der Waals surface area contributed by atoms with E-state index in [1.165, 1.54) is 19.1 Å². The third-order valence-electron chi connectivity index (χ3n) is 3.71. The summed E-state index contributed by atoms with van der Waals surface area (Å²) in [6.07, 6.45) is 0.0979. The number of fused-ring (bicyclic) bond motifs is 1. The van der Waals surface area contributed by atoms with Crippen LogP contribution in [0.25, 0.3) is 0 Å². The number of ketones is 1. The molecule has 1 atom stereocenters. The summed E-state index contributed by atoms with van der Waals surface area (Å²) in [5.41, 5.74) is 0.648. The molecule has 0 saturated carbocycles. The third-order valence-corrected chi connectivity index (χ3v) is 3.71. The number of rotatable bonds is 5. The van der Waals surface area contributed by atoms with Gasteiger partial charge in [0, 0.05) is 6.42 Å². The molecule has 130 valence electrons. The number of nitrogens with zero attached hydrogens (tertiary/aromatic N) is 1. The van der Waals surface area contributed by atoms with Crippen molar-refractivity contribution in [3.05, 3.63) is 53.6 Å². The highest BCUT2D eigenvalue weighted by molar-refractivity contribution is 5.93. The van der Waals surface area contributed by atoms with Crippen LogP contribution in [-0.4, -0.2) is 29.9 Å². The fraction of sp³-hybridized carbons (Fsp3) is 0.278. The van der Waals surface area contributed by atoms with Gasteiger partial charge in [-0.15, -0.1) is 0 Å². The van der Waals surface area contributed by atoms with Crippen molar-refractivity contribution in [2.75, 3.05) is 13.2 Å². The molecule has 0 saturated heterocycles. The molecule has 0 aliphatic carbocycles. The Labute approximate surface area is 144 Å². The van der Waals surface area contributed by atoms with Crippen LogP contribution >= 0.6 is 0 Å². The van der Waals surface area contributed by atoms with E-state index >= 15 is 0 Å². The van der Waals surface area contributed by atoms with Crippen LogP contribution in [0.3, 0.4) is 0 Å². The molecule has 7 heteroatoms. The molecule has 1 unspecified atom stereocenters. The van der Waals surface area contributed by atoms with Crippen LogP contribution in [0, 0.1) is 5.95 Å². The van der Waals surface area contributed by atoms with Gasteiger partial charge in [-0.25, -0.2) is 4.98 Å². The summed E-state index contributed by atoms with van der Waals surface area (Å²) in [7, 11) is 0. The van der Waals surface area contributed by atoms with Gasteiger partial charge in [0.25, 0.3) is 5.91 Å². The number of pyridine rings is 1. The highest BCUT2D eigenvalue weighted by Gasteiger charge is 2.21. The van der Waals surface area contributed by atoms with Crippen LogP contribution in [0.15, 0.2) is 36.4 Å². The first-order valence-electron chi connectivity index (χ1n) is 7.85. The lowest BCUT2D eigenvalue weighted by atomic mass is 10.0. The van der Waals surface area contributed by atoms with E-state index in [0.29, 0.717) is 30.3 Å². The maximum Gasteiger partial charge on any atom is 0.270 e. The number of amides is 1. The summed E-state index contributed by atoms with van der Waals surface area (Å²) in [6.45, 7) is 2.36. The maximum atomic E-state index is 13.2. The molecule has 0 bridgehead atoms. The van der Waals surface area contributed by atoms with Gasteiger partial charge < -0.3 is 14.8 Å². The van der Waals surface area contributed by atoms with Crippen LogP contribution in [0.1, 0.15) is 35.4 Å². The highest BCUT2D eigenvalue weighted by atomic mass is 19.1. The van der Waals surface area contributed by atoms with Crippen molar-refractivity contribution < 1.29 is 23.5 Å². The molecule has 1 N–H and O–H groups in total. The number of hydrogen-bond donors (Lipinski definition) is 1. The van der Waals surface area contributed by atoms with Gasteiger partial charge in [-0.05, 0) is 36.8 Å². The first-order chi connectivity index (χ1) is 12.0. The minimum atomic E-state index is -0.741. The Balaban J connectivity index is 1.84. The van der Waals surface area contributed by atoms with Gasteiger partial charge >= 0.3 is 0 Å². The lowest BCUT2D eigenvalue weighted by Crippen LogP contribution is -2.30. The number of carbonyl (C=O) groups excluding carboxylic acids is 2. The summed E-state index contributed by atoms with van der Waals surface area (Å²) >= 11 is 0. The maximum absolute atomic E-state index is 13.2. The van der Waals surface area contributed by atoms with E-state index in [1.54, 1.807) is 18.2 Å². The smallest absolute Gasteiger partial charge is 0.270 e. The number of carbonyl (C=O) groups is 2. The molecule has 1 aromatic carbocycles. The minimum absolute atomic E-state index is 0.0499. The fourth-order valence-corrected chi connectivity index (χ4v) is 2.58. The zero-order chi connectivity index (χ0) is 17.8. The van der Waals surface area contributed by atoms with E-state index in [2.05, 4.69) is 10.3 Å². The Bertz CT molecular complexity index is 809. The number of hydrogen-bond acceptors (Lipinski definition) is 5. The summed E-state index contributed by atoms with van der Waals surface area (Å²) in [6, 6.07) is 8.63. The molecule has 0 spiro atoms. The molecule has 0 radical (unpaired) electrons. The number of nitrogens with one attached hydrogen (secondary N) is 1. The number of ether oxygens (including phenoxy) is 2. The van der Waals surface area contributed by atoms with E-state index < -0.39 is 17.9 Å². The van der Waals surface area contributed by atoms with Gasteiger partial charge in [0.2, 0.25) is 5.95 Å². The summed E-state index contributed by atoms with van der Waals surface area (Å²) in [4.78, 5) is 27.5. The van der Waals surface area contributed by atoms with E-state index in [1.807, 2.05) is 0 Å². The standard InChI is InChI=1S/C18H17FN2O4/c1-11(22)9-14(21-18(23)13-3-2-4-17(19)20-13)12-5-6-15-16(10-12)25-8-7-24-15/h2-6,10,14H,7-9H2,1H3,(H,21,23). The number of halogens is 1.